The second kappa shape index (κ2) is 6.44. The molecule has 1 heterocycles. The predicted octanol–water partition coefficient (Wildman–Crippen LogP) is 4.34. The van der Waals surface area contributed by atoms with Crippen LogP contribution in [0.1, 0.15) is 63.6 Å². The summed E-state index contributed by atoms with van der Waals surface area (Å²) in [4.78, 5) is 0. The number of halogens is 1. The zero-order valence-corrected chi connectivity index (χ0v) is 11.5. The van der Waals surface area contributed by atoms with Crippen molar-refractivity contribution in [2.45, 2.75) is 69.7 Å². The second-order valence-electron chi connectivity index (χ2n) is 5.12. The van der Waals surface area contributed by atoms with Gasteiger partial charge in [0.1, 0.15) is 0 Å². The average molecular weight is 255 g/mol. The molecule has 1 aliphatic rings. The van der Waals surface area contributed by atoms with Crippen LogP contribution in [0.25, 0.3) is 0 Å². The van der Waals surface area contributed by atoms with Crippen molar-refractivity contribution >= 4 is 11.6 Å². The summed E-state index contributed by atoms with van der Waals surface area (Å²) in [5.74, 6) is 0. The normalized spacial score (nSPS) is 18.7. The van der Waals surface area contributed by atoms with Crippen molar-refractivity contribution < 1.29 is 0 Å². The van der Waals surface area contributed by atoms with E-state index in [4.69, 9.17) is 11.6 Å². The largest absolute Gasteiger partial charge is 0.269 e. The van der Waals surface area contributed by atoms with Gasteiger partial charge < -0.3 is 0 Å². The van der Waals surface area contributed by atoms with Gasteiger partial charge in [-0.3, -0.25) is 4.68 Å². The summed E-state index contributed by atoms with van der Waals surface area (Å²) < 4.78 is 2.18. The van der Waals surface area contributed by atoms with Crippen LogP contribution >= 0.6 is 11.6 Å². The van der Waals surface area contributed by atoms with Crippen LogP contribution in [0.5, 0.6) is 0 Å². The van der Waals surface area contributed by atoms with Crippen LogP contribution in [0, 0.1) is 0 Å². The van der Waals surface area contributed by atoms with Crippen molar-refractivity contribution in [3.8, 4) is 0 Å². The zero-order chi connectivity index (χ0) is 12.1. The molecule has 2 nitrogen and oxygen atoms in total. The molecule has 0 N–H and O–H groups in total. The van der Waals surface area contributed by atoms with E-state index in [-0.39, 0.29) is 0 Å². The maximum atomic E-state index is 6.11. The van der Waals surface area contributed by atoms with E-state index in [2.05, 4.69) is 29.0 Å². The molecule has 3 heteroatoms. The molecule has 1 fully saturated rings. The Morgan fingerprint density at radius 1 is 1.47 bits per heavy atom. The predicted molar refractivity (Wildman–Crippen MR) is 72.6 cm³/mol. The highest BCUT2D eigenvalue weighted by molar-refractivity contribution is 6.20. The van der Waals surface area contributed by atoms with E-state index < -0.39 is 0 Å². The molecule has 0 aliphatic heterocycles. The lowest BCUT2D eigenvalue weighted by molar-refractivity contribution is 0.462. The van der Waals surface area contributed by atoms with Crippen molar-refractivity contribution in [2.75, 3.05) is 0 Å². The number of nitrogens with zero attached hydrogens (tertiary/aromatic N) is 2. The van der Waals surface area contributed by atoms with E-state index in [1.54, 1.807) is 0 Å². The quantitative estimate of drug-likeness (QED) is 0.691. The van der Waals surface area contributed by atoms with E-state index in [1.165, 1.54) is 31.4 Å². The first kappa shape index (κ1) is 12.9. The van der Waals surface area contributed by atoms with E-state index in [0.717, 1.165) is 25.7 Å². The van der Waals surface area contributed by atoms with E-state index in [1.807, 2.05) is 0 Å². The molecule has 17 heavy (non-hydrogen) atoms. The summed E-state index contributed by atoms with van der Waals surface area (Å²) in [7, 11) is 0. The third-order valence-electron chi connectivity index (χ3n) is 3.76. The van der Waals surface area contributed by atoms with Crippen LogP contribution in [-0.4, -0.2) is 15.2 Å². The van der Waals surface area contributed by atoms with E-state index in [0.29, 0.717) is 11.4 Å². The van der Waals surface area contributed by atoms with Gasteiger partial charge in [-0.05, 0) is 44.6 Å². The van der Waals surface area contributed by atoms with Crippen LogP contribution in [0.3, 0.4) is 0 Å². The van der Waals surface area contributed by atoms with Gasteiger partial charge in [0.25, 0.3) is 0 Å². The fraction of sp³-hybridized carbons (Fsp3) is 0.786. The number of hydrogen-bond acceptors (Lipinski definition) is 1. The lowest BCUT2D eigenvalue weighted by atomic mass is 10.1. The lowest BCUT2D eigenvalue weighted by Gasteiger charge is -2.09. The van der Waals surface area contributed by atoms with Gasteiger partial charge in [-0.1, -0.05) is 19.8 Å². The second-order valence-corrected chi connectivity index (χ2v) is 5.74. The highest BCUT2D eigenvalue weighted by atomic mass is 35.5. The molecule has 0 radical (unpaired) electrons. The first-order chi connectivity index (χ1) is 8.29. The van der Waals surface area contributed by atoms with Crippen LogP contribution in [0.15, 0.2) is 12.3 Å². The first-order valence-corrected chi connectivity index (χ1v) is 7.41. The molecule has 1 saturated carbocycles. The zero-order valence-electron chi connectivity index (χ0n) is 10.7. The molecule has 1 aliphatic carbocycles. The van der Waals surface area contributed by atoms with Crippen molar-refractivity contribution in [1.82, 2.24) is 9.78 Å². The summed E-state index contributed by atoms with van der Waals surface area (Å²) in [6.07, 6.45) is 11.9. The van der Waals surface area contributed by atoms with Gasteiger partial charge in [0.15, 0.2) is 0 Å². The molecule has 1 aromatic rings. The highest BCUT2D eigenvalue weighted by Crippen LogP contribution is 2.28. The van der Waals surface area contributed by atoms with Crippen molar-refractivity contribution in [3.05, 3.63) is 18.0 Å². The molecule has 1 atom stereocenters. The fourth-order valence-corrected chi connectivity index (χ4v) is 2.75. The van der Waals surface area contributed by atoms with Crippen molar-refractivity contribution in [1.29, 1.82) is 0 Å². The highest BCUT2D eigenvalue weighted by Gasteiger charge is 2.17. The van der Waals surface area contributed by atoms with Gasteiger partial charge in [0.05, 0.1) is 11.7 Å². The lowest BCUT2D eigenvalue weighted by Crippen LogP contribution is -2.05. The van der Waals surface area contributed by atoms with E-state index in [9.17, 15) is 0 Å². The number of rotatable bonds is 6. The molecule has 1 unspecified atom stereocenters. The van der Waals surface area contributed by atoms with Gasteiger partial charge in [-0.2, -0.15) is 5.10 Å². The molecule has 1 aromatic heterocycles. The number of alkyl halides is 1. The van der Waals surface area contributed by atoms with Crippen LogP contribution < -0.4 is 0 Å². The Morgan fingerprint density at radius 3 is 2.94 bits per heavy atom. The molecule has 0 spiro atoms. The fourth-order valence-electron chi connectivity index (χ4n) is 2.59. The van der Waals surface area contributed by atoms with Crippen molar-refractivity contribution in [3.63, 3.8) is 0 Å². The van der Waals surface area contributed by atoms with Gasteiger partial charge in [0.2, 0.25) is 0 Å². The Balaban J connectivity index is 1.77. The summed E-state index contributed by atoms with van der Waals surface area (Å²) in [5.41, 5.74) is 1.23. The number of aryl methyl sites for hydroxylation is 1. The monoisotopic (exact) mass is 254 g/mol. The van der Waals surface area contributed by atoms with Gasteiger partial charge in [-0.25, -0.2) is 0 Å². The molecule has 96 valence electrons. The Kier molecular flexibility index (Phi) is 4.90. The average Bonchev–Trinajstić information content (AvgIpc) is 2.98. The van der Waals surface area contributed by atoms with Crippen LogP contribution in [-0.2, 0) is 6.42 Å². The molecule has 2 rings (SSSR count). The number of aromatic nitrogens is 2. The Hall–Kier alpha value is -0.500. The summed E-state index contributed by atoms with van der Waals surface area (Å²) in [6.45, 7) is 2.15. The maximum absolute atomic E-state index is 6.11. The summed E-state index contributed by atoms with van der Waals surface area (Å²) in [6, 6.07) is 2.84. The summed E-state index contributed by atoms with van der Waals surface area (Å²) in [5, 5.41) is 5.03. The first-order valence-electron chi connectivity index (χ1n) is 6.97. The smallest absolute Gasteiger partial charge is 0.0624 e. The van der Waals surface area contributed by atoms with Gasteiger partial charge >= 0.3 is 0 Å². The maximum Gasteiger partial charge on any atom is 0.0624 e. The minimum Gasteiger partial charge on any atom is -0.269 e. The number of hydrogen-bond donors (Lipinski definition) is 0. The third-order valence-corrected chi connectivity index (χ3v) is 4.28. The molecular formula is C14H23ClN2. The van der Waals surface area contributed by atoms with Crippen LogP contribution in [0.4, 0.5) is 0 Å². The standard InChI is InChI=1S/C14H23ClN2/c1-2-12(15)6-5-7-13-10-11-17(16-13)14-8-3-4-9-14/h10-12,14H,2-9H2,1H3. The Bertz CT molecular complexity index is 329. The topological polar surface area (TPSA) is 17.8 Å². The third kappa shape index (κ3) is 3.74. The van der Waals surface area contributed by atoms with Crippen LogP contribution in [0.2, 0.25) is 0 Å². The van der Waals surface area contributed by atoms with Gasteiger partial charge in [0, 0.05) is 11.6 Å². The molecule has 0 bridgehead atoms. The minimum atomic E-state index is 0.340. The molecule has 0 saturated heterocycles. The van der Waals surface area contributed by atoms with Gasteiger partial charge in [-0.15, -0.1) is 11.6 Å². The van der Waals surface area contributed by atoms with Crippen molar-refractivity contribution in [2.24, 2.45) is 0 Å². The Labute approximate surface area is 109 Å². The molecular weight excluding hydrogens is 232 g/mol. The SMILES string of the molecule is CCC(Cl)CCCc1ccn(C2CCCC2)n1. The summed E-state index contributed by atoms with van der Waals surface area (Å²) >= 11 is 6.11. The van der Waals surface area contributed by atoms with E-state index >= 15 is 0 Å². The molecule has 0 amide bonds. The molecule has 0 aromatic carbocycles. The Morgan fingerprint density at radius 2 is 2.24 bits per heavy atom. The minimum absolute atomic E-state index is 0.340.